The molecule has 0 aliphatic carbocycles. The molecule has 0 aromatic heterocycles. The molecule has 0 spiro atoms. The Hall–Kier alpha value is -1.64. The second kappa shape index (κ2) is 5.96. The summed E-state index contributed by atoms with van der Waals surface area (Å²) in [6.45, 7) is 0. The van der Waals surface area contributed by atoms with Crippen LogP contribution in [-0.2, 0) is 16.0 Å². The van der Waals surface area contributed by atoms with Gasteiger partial charge in [-0.1, -0.05) is 30.3 Å². The zero-order valence-electron chi connectivity index (χ0n) is 8.57. The van der Waals surface area contributed by atoms with Crippen LogP contribution in [0.2, 0.25) is 0 Å². The van der Waals surface area contributed by atoms with Gasteiger partial charge in [-0.2, -0.15) is 4.39 Å². The van der Waals surface area contributed by atoms with E-state index in [1.54, 1.807) is 0 Å². The summed E-state index contributed by atoms with van der Waals surface area (Å²) in [6, 6.07) is 9.70. The number of hydrogen-bond donors (Lipinski definition) is 0. The van der Waals surface area contributed by atoms with Crippen LogP contribution in [0.15, 0.2) is 42.2 Å². The summed E-state index contributed by atoms with van der Waals surface area (Å²) < 4.78 is 17.1. The number of rotatable bonds is 4. The molecule has 80 valence electrons. The lowest BCUT2D eigenvalue weighted by Crippen LogP contribution is -2.00. The first-order valence-corrected chi connectivity index (χ1v) is 4.72. The summed E-state index contributed by atoms with van der Waals surface area (Å²) in [5.41, 5.74) is 1.12. The smallest absolute Gasteiger partial charge is 0.366 e. The standard InChI is InChI=1S/C12H13FO2/c1-15-12(14)11(13)9-5-8-10-6-3-2-4-7-10/h2-4,6-7,9H,5,8H2,1H3/b11-9-. The first-order chi connectivity index (χ1) is 7.24. The first kappa shape index (κ1) is 11.4. The molecule has 0 unspecified atom stereocenters. The molecule has 3 heteroatoms. The number of benzene rings is 1. The zero-order chi connectivity index (χ0) is 11.1. The van der Waals surface area contributed by atoms with Crippen LogP contribution in [0, 0.1) is 0 Å². The third-order valence-corrected chi connectivity index (χ3v) is 1.98. The van der Waals surface area contributed by atoms with Crippen LogP contribution in [-0.4, -0.2) is 13.1 Å². The van der Waals surface area contributed by atoms with Crippen molar-refractivity contribution in [2.75, 3.05) is 7.11 Å². The van der Waals surface area contributed by atoms with Crippen LogP contribution < -0.4 is 0 Å². The number of hydrogen-bond acceptors (Lipinski definition) is 2. The molecule has 0 heterocycles. The Morgan fingerprint density at radius 2 is 2.07 bits per heavy atom. The Kier molecular flexibility index (Phi) is 4.54. The first-order valence-electron chi connectivity index (χ1n) is 4.72. The number of allylic oxidation sites excluding steroid dienone is 1. The monoisotopic (exact) mass is 208 g/mol. The van der Waals surface area contributed by atoms with Crippen molar-refractivity contribution in [3.8, 4) is 0 Å². The molecule has 0 saturated carbocycles. The van der Waals surface area contributed by atoms with E-state index in [1.807, 2.05) is 30.3 Å². The maximum atomic E-state index is 12.9. The molecular weight excluding hydrogens is 195 g/mol. The van der Waals surface area contributed by atoms with E-state index in [2.05, 4.69) is 4.74 Å². The lowest BCUT2D eigenvalue weighted by Gasteiger charge is -1.97. The van der Waals surface area contributed by atoms with Crippen LogP contribution in [0.3, 0.4) is 0 Å². The van der Waals surface area contributed by atoms with E-state index in [0.717, 1.165) is 12.7 Å². The van der Waals surface area contributed by atoms with Gasteiger partial charge in [-0.15, -0.1) is 0 Å². The summed E-state index contributed by atoms with van der Waals surface area (Å²) in [7, 11) is 1.16. The van der Waals surface area contributed by atoms with Crippen molar-refractivity contribution in [3.63, 3.8) is 0 Å². The molecule has 1 rings (SSSR count). The van der Waals surface area contributed by atoms with Gasteiger partial charge in [0, 0.05) is 0 Å². The lowest BCUT2D eigenvalue weighted by atomic mass is 10.1. The molecule has 0 amide bonds. The summed E-state index contributed by atoms with van der Waals surface area (Å²) in [5.74, 6) is -1.74. The summed E-state index contributed by atoms with van der Waals surface area (Å²) >= 11 is 0. The molecule has 0 atom stereocenters. The average Bonchev–Trinajstić information content (AvgIpc) is 2.29. The lowest BCUT2D eigenvalue weighted by molar-refractivity contribution is -0.137. The molecule has 1 aromatic carbocycles. The Bertz CT molecular complexity index is 344. The number of methoxy groups -OCH3 is 1. The van der Waals surface area contributed by atoms with E-state index >= 15 is 0 Å². The predicted octanol–water partition coefficient (Wildman–Crippen LogP) is 2.65. The fourth-order valence-electron chi connectivity index (χ4n) is 1.19. The number of ether oxygens (including phenoxy) is 1. The van der Waals surface area contributed by atoms with E-state index in [0.29, 0.717) is 12.8 Å². The van der Waals surface area contributed by atoms with Crippen LogP contribution in [0.1, 0.15) is 12.0 Å². The molecule has 15 heavy (non-hydrogen) atoms. The van der Waals surface area contributed by atoms with Gasteiger partial charge in [-0.05, 0) is 24.5 Å². The minimum atomic E-state index is -0.914. The van der Waals surface area contributed by atoms with Crippen LogP contribution in [0.4, 0.5) is 4.39 Å². The van der Waals surface area contributed by atoms with Crippen molar-refractivity contribution in [1.29, 1.82) is 0 Å². The normalized spacial score (nSPS) is 11.2. The number of aryl methyl sites for hydroxylation is 1. The molecule has 0 N–H and O–H groups in total. The summed E-state index contributed by atoms with van der Waals surface area (Å²) in [6.07, 6.45) is 2.45. The molecule has 0 saturated heterocycles. The molecule has 0 fully saturated rings. The van der Waals surface area contributed by atoms with Crippen molar-refractivity contribution in [1.82, 2.24) is 0 Å². The number of esters is 1. The van der Waals surface area contributed by atoms with Crippen molar-refractivity contribution in [3.05, 3.63) is 47.8 Å². The highest BCUT2D eigenvalue weighted by atomic mass is 19.1. The molecule has 1 aromatic rings. The van der Waals surface area contributed by atoms with Crippen LogP contribution in [0.5, 0.6) is 0 Å². The van der Waals surface area contributed by atoms with E-state index in [1.165, 1.54) is 6.08 Å². The van der Waals surface area contributed by atoms with Crippen molar-refractivity contribution in [2.24, 2.45) is 0 Å². The number of halogens is 1. The van der Waals surface area contributed by atoms with Crippen molar-refractivity contribution in [2.45, 2.75) is 12.8 Å². The summed E-state index contributed by atoms with van der Waals surface area (Å²) in [5, 5.41) is 0. The maximum absolute atomic E-state index is 12.9. The average molecular weight is 208 g/mol. The predicted molar refractivity (Wildman–Crippen MR) is 56.0 cm³/mol. The molecular formula is C12H13FO2. The van der Waals surface area contributed by atoms with Gasteiger partial charge in [0.25, 0.3) is 0 Å². The Balaban J connectivity index is 2.42. The van der Waals surface area contributed by atoms with Gasteiger partial charge in [0.1, 0.15) is 0 Å². The van der Waals surface area contributed by atoms with Gasteiger partial charge in [0.05, 0.1) is 7.11 Å². The van der Waals surface area contributed by atoms with Gasteiger partial charge in [0.15, 0.2) is 0 Å². The van der Waals surface area contributed by atoms with Crippen molar-refractivity contribution < 1.29 is 13.9 Å². The Morgan fingerprint density at radius 3 is 2.67 bits per heavy atom. The van der Waals surface area contributed by atoms with Gasteiger partial charge >= 0.3 is 5.97 Å². The SMILES string of the molecule is COC(=O)/C(F)=C/CCc1ccccc1. The van der Waals surface area contributed by atoms with Gasteiger partial charge in [-0.3, -0.25) is 0 Å². The van der Waals surface area contributed by atoms with Gasteiger partial charge in [-0.25, -0.2) is 4.79 Å². The third kappa shape index (κ3) is 3.94. The highest BCUT2D eigenvalue weighted by Crippen LogP contribution is 2.06. The summed E-state index contributed by atoms with van der Waals surface area (Å²) in [4.78, 5) is 10.7. The molecule has 0 aliphatic heterocycles. The van der Waals surface area contributed by atoms with Crippen LogP contribution in [0.25, 0.3) is 0 Å². The van der Waals surface area contributed by atoms with Crippen LogP contribution >= 0.6 is 0 Å². The highest BCUT2D eigenvalue weighted by Gasteiger charge is 2.06. The number of carbonyl (C=O) groups excluding carboxylic acids is 1. The van der Waals surface area contributed by atoms with E-state index in [-0.39, 0.29) is 0 Å². The molecule has 0 bridgehead atoms. The fourth-order valence-corrected chi connectivity index (χ4v) is 1.19. The maximum Gasteiger partial charge on any atom is 0.366 e. The minimum absolute atomic E-state index is 0.491. The zero-order valence-corrected chi connectivity index (χ0v) is 8.57. The Morgan fingerprint density at radius 1 is 1.40 bits per heavy atom. The largest absolute Gasteiger partial charge is 0.464 e. The second-order valence-electron chi connectivity index (χ2n) is 3.07. The van der Waals surface area contributed by atoms with E-state index in [9.17, 15) is 9.18 Å². The fraction of sp³-hybridized carbons (Fsp3) is 0.250. The van der Waals surface area contributed by atoms with Gasteiger partial charge in [0.2, 0.25) is 5.83 Å². The molecule has 2 nitrogen and oxygen atoms in total. The van der Waals surface area contributed by atoms with Crippen molar-refractivity contribution >= 4 is 5.97 Å². The topological polar surface area (TPSA) is 26.3 Å². The molecule has 0 aliphatic rings. The highest BCUT2D eigenvalue weighted by molar-refractivity contribution is 5.85. The van der Waals surface area contributed by atoms with E-state index < -0.39 is 11.8 Å². The van der Waals surface area contributed by atoms with Gasteiger partial charge < -0.3 is 4.74 Å². The Labute approximate surface area is 88.4 Å². The number of carbonyl (C=O) groups is 1. The minimum Gasteiger partial charge on any atom is -0.464 e. The molecule has 0 radical (unpaired) electrons. The quantitative estimate of drug-likeness (QED) is 0.561. The van der Waals surface area contributed by atoms with E-state index in [4.69, 9.17) is 0 Å². The third-order valence-electron chi connectivity index (χ3n) is 1.98. The second-order valence-corrected chi connectivity index (χ2v) is 3.07.